The van der Waals surface area contributed by atoms with Crippen molar-refractivity contribution in [1.82, 2.24) is 15.0 Å². The summed E-state index contributed by atoms with van der Waals surface area (Å²) in [6, 6.07) is 0. The molecule has 1 aromatic rings. The van der Waals surface area contributed by atoms with Gasteiger partial charge in [0.1, 0.15) is 11.8 Å². The number of rotatable bonds is 12. The van der Waals surface area contributed by atoms with Gasteiger partial charge in [0.2, 0.25) is 0 Å². The van der Waals surface area contributed by atoms with Gasteiger partial charge in [-0.15, -0.1) is 5.10 Å². The maximum Gasteiger partial charge on any atom is 0.303 e. The van der Waals surface area contributed by atoms with Gasteiger partial charge in [-0.3, -0.25) is 4.79 Å². The molecule has 0 spiro atoms. The summed E-state index contributed by atoms with van der Waals surface area (Å²) in [6.45, 7) is 2.01. The zero-order valence-corrected chi connectivity index (χ0v) is 15.8. The fourth-order valence-electron chi connectivity index (χ4n) is 2.33. The molecule has 4 N–H and O–H groups in total. The number of nitrogens with zero attached hydrogens (tertiary/aromatic N) is 3. The van der Waals surface area contributed by atoms with Crippen molar-refractivity contribution in [2.45, 2.75) is 57.3 Å². The maximum absolute atomic E-state index is 10.4. The maximum atomic E-state index is 10.4. The Kier molecular flexibility index (Phi) is 10.2. The number of aliphatic hydroxyl groups excluding tert-OH is 3. The second kappa shape index (κ2) is 12.2. The predicted molar refractivity (Wildman–Crippen MR) is 102 cm³/mol. The van der Waals surface area contributed by atoms with Gasteiger partial charge in [-0.05, 0) is 31.8 Å². The van der Waals surface area contributed by atoms with E-state index in [1.807, 2.05) is 19.1 Å². The molecule has 0 saturated heterocycles. The molecular weight excluding hydrogens is 350 g/mol. The lowest BCUT2D eigenvalue weighted by Gasteiger charge is -2.12. The number of carboxylic acids is 1. The minimum absolute atomic E-state index is 0.0289. The van der Waals surface area contributed by atoms with Crippen LogP contribution in [0, 0.1) is 0 Å². The first-order chi connectivity index (χ1) is 12.9. The molecule has 0 aromatic carbocycles. The third-order valence-electron chi connectivity index (χ3n) is 3.89. The number of hydrogen-bond acceptors (Lipinski definition) is 6. The molecule has 0 amide bonds. The molecule has 1 heterocycles. The molecule has 0 bridgehead atoms. The number of allylic oxidation sites excluding steroid dienone is 2. The van der Waals surface area contributed by atoms with Crippen LogP contribution in [0.25, 0.3) is 6.08 Å². The summed E-state index contributed by atoms with van der Waals surface area (Å²) in [6.07, 6.45) is 9.10. The number of aryl methyl sites for hydroxylation is 1. The summed E-state index contributed by atoms with van der Waals surface area (Å²) in [4.78, 5) is 10.4. The van der Waals surface area contributed by atoms with Crippen LogP contribution in [0.15, 0.2) is 30.4 Å². The Hall–Kier alpha value is -2.29. The van der Waals surface area contributed by atoms with Crippen LogP contribution in [0.4, 0.5) is 0 Å². The Balaban J connectivity index is 2.66. The lowest BCUT2D eigenvalue weighted by molar-refractivity contribution is -0.136. The number of hydrogen-bond donors (Lipinski definition) is 4. The second-order valence-corrected chi connectivity index (χ2v) is 6.17. The third kappa shape index (κ3) is 8.29. The zero-order chi connectivity index (χ0) is 20.2. The Labute approximate surface area is 159 Å². The van der Waals surface area contributed by atoms with Crippen LogP contribution in [0.1, 0.15) is 56.5 Å². The van der Waals surface area contributed by atoms with E-state index in [0.29, 0.717) is 24.2 Å². The first kappa shape index (κ1) is 22.8. The van der Waals surface area contributed by atoms with E-state index in [1.165, 1.54) is 10.8 Å². The molecule has 150 valence electrons. The second-order valence-electron chi connectivity index (χ2n) is 6.17. The minimum atomic E-state index is -1.12. The molecule has 0 unspecified atom stereocenters. The average molecular weight is 379 g/mol. The SMILES string of the molecule is CC/C=C\C[C@H](O)c1nnn(C)c1/C=C/[C@@H](O)[C@@H](O)C/C=C\CCC(=O)O. The average Bonchev–Trinajstić information content (AvgIpc) is 2.99. The van der Waals surface area contributed by atoms with Gasteiger partial charge < -0.3 is 20.4 Å². The lowest BCUT2D eigenvalue weighted by Crippen LogP contribution is -2.22. The van der Waals surface area contributed by atoms with Gasteiger partial charge in [0.15, 0.2) is 0 Å². The highest BCUT2D eigenvalue weighted by Gasteiger charge is 2.17. The Morgan fingerprint density at radius 3 is 2.52 bits per heavy atom. The van der Waals surface area contributed by atoms with Crippen LogP contribution in [0.3, 0.4) is 0 Å². The van der Waals surface area contributed by atoms with Gasteiger partial charge in [-0.25, -0.2) is 4.68 Å². The monoisotopic (exact) mass is 379 g/mol. The molecule has 1 aromatic heterocycles. The van der Waals surface area contributed by atoms with Crippen LogP contribution in [-0.2, 0) is 11.8 Å². The summed E-state index contributed by atoms with van der Waals surface area (Å²) in [5.74, 6) is -0.879. The van der Waals surface area contributed by atoms with E-state index < -0.39 is 24.3 Å². The van der Waals surface area contributed by atoms with Gasteiger partial charge in [0.05, 0.1) is 17.9 Å². The van der Waals surface area contributed by atoms with Gasteiger partial charge >= 0.3 is 5.97 Å². The smallest absolute Gasteiger partial charge is 0.303 e. The molecule has 0 aliphatic heterocycles. The van der Waals surface area contributed by atoms with E-state index >= 15 is 0 Å². The zero-order valence-electron chi connectivity index (χ0n) is 15.8. The molecule has 1 rings (SSSR count). The topological polar surface area (TPSA) is 129 Å². The highest BCUT2D eigenvalue weighted by Crippen LogP contribution is 2.20. The molecule has 0 saturated carbocycles. The first-order valence-corrected chi connectivity index (χ1v) is 9.00. The van der Waals surface area contributed by atoms with Crippen molar-refractivity contribution in [3.05, 3.63) is 41.8 Å². The van der Waals surface area contributed by atoms with Crippen LogP contribution in [0.5, 0.6) is 0 Å². The summed E-state index contributed by atoms with van der Waals surface area (Å²) >= 11 is 0. The molecule has 0 aliphatic rings. The van der Waals surface area contributed by atoms with Crippen LogP contribution >= 0.6 is 0 Å². The van der Waals surface area contributed by atoms with Crippen molar-refractivity contribution in [3.63, 3.8) is 0 Å². The van der Waals surface area contributed by atoms with Crippen LogP contribution < -0.4 is 0 Å². The molecule has 27 heavy (non-hydrogen) atoms. The van der Waals surface area contributed by atoms with Gasteiger partial charge in [0.25, 0.3) is 0 Å². The summed E-state index contributed by atoms with van der Waals surface area (Å²) in [5.41, 5.74) is 0.959. The fourth-order valence-corrected chi connectivity index (χ4v) is 2.33. The van der Waals surface area contributed by atoms with E-state index in [2.05, 4.69) is 10.3 Å². The number of carboxylic acid groups (broad SMARTS) is 1. The Bertz CT molecular complexity index is 666. The number of aromatic nitrogens is 3. The summed E-state index contributed by atoms with van der Waals surface area (Å²) in [7, 11) is 1.68. The lowest BCUT2D eigenvalue weighted by atomic mass is 10.1. The number of carbonyl (C=O) groups is 1. The standard InChI is InChI=1S/C19H29N3O5/c1-3-4-6-10-17(25)19-14(22(2)21-20-19)12-13-16(24)15(23)9-7-5-8-11-18(26)27/h4-7,12-13,15-17,23-25H,3,8-11H2,1-2H3,(H,26,27)/b6-4-,7-5-,13-12+/t15-,16+,17-/m0/s1. The van der Waals surface area contributed by atoms with E-state index in [4.69, 9.17) is 5.11 Å². The molecule has 0 radical (unpaired) electrons. The normalized spacial score (nSPS) is 15.7. The molecule has 3 atom stereocenters. The van der Waals surface area contributed by atoms with E-state index in [1.54, 1.807) is 25.3 Å². The van der Waals surface area contributed by atoms with Crippen molar-refractivity contribution in [2.75, 3.05) is 0 Å². The summed E-state index contributed by atoms with van der Waals surface area (Å²) < 4.78 is 1.49. The molecule has 8 heteroatoms. The van der Waals surface area contributed by atoms with Gasteiger partial charge in [0, 0.05) is 13.5 Å². The van der Waals surface area contributed by atoms with Gasteiger partial charge in [-0.2, -0.15) is 0 Å². The van der Waals surface area contributed by atoms with E-state index in [9.17, 15) is 20.1 Å². The largest absolute Gasteiger partial charge is 0.481 e. The highest BCUT2D eigenvalue weighted by atomic mass is 16.4. The molecular formula is C19H29N3O5. The minimum Gasteiger partial charge on any atom is -0.481 e. The van der Waals surface area contributed by atoms with E-state index in [0.717, 1.165) is 6.42 Å². The van der Waals surface area contributed by atoms with Crippen LogP contribution in [-0.4, -0.2) is 53.6 Å². The Morgan fingerprint density at radius 1 is 1.15 bits per heavy atom. The fraction of sp³-hybridized carbons (Fsp3) is 0.526. The van der Waals surface area contributed by atoms with Crippen molar-refractivity contribution in [2.24, 2.45) is 7.05 Å². The Morgan fingerprint density at radius 2 is 1.85 bits per heavy atom. The highest BCUT2D eigenvalue weighted by molar-refractivity contribution is 5.66. The van der Waals surface area contributed by atoms with Gasteiger partial charge in [-0.1, -0.05) is 42.5 Å². The van der Waals surface area contributed by atoms with Crippen LogP contribution in [0.2, 0.25) is 0 Å². The molecule has 8 nitrogen and oxygen atoms in total. The molecule has 0 fully saturated rings. The quantitative estimate of drug-likeness (QED) is 0.407. The van der Waals surface area contributed by atoms with E-state index in [-0.39, 0.29) is 12.8 Å². The van der Waals surface area contributed by atoms with Crippen molar-refractivity contribution < 1.29 is 25.2 Å². The van der Waals surface area contributed by atoms with Crippen molar-refractivity contribution >= 4 is 12.0 Å². The third-order valence-corrected chi connectivity index (χ3v) is 3.89. The number of aliphatic carboxylic acids is 1. The van der Waals surface area contributed by atoms with Crippen molar-refractivity contribution in [3.8, 4) is 0 Å². The number of aliphatic hydroxyl groups is 3. The van der Waals surface area contributed by atoms with Crippen molar-refractivity contribution in [1.29, 1.82) is 0 Å². The summed E-state index contributed by atoms with van der Waals surface area (Å²) in [5, 5.41) is 46.7. The first-order valence-electron chi connectivity index (χ1n) is 9.00. The molecule has 0 aliphatic carbocycles. The predicted octanol–water partition coefficient (Wildman–Crippen LogP) is 1.75.